The third-order valence-electron chi connectivity index (χ3n) is 9.60. The summed E-state index contributed by atoms with van der Waals surface area (Å²) < 4.78 is 35.1. The summed E-state index contributed by atoms with van der Waals surface area (Å²) >= 11 is 0. The Morgan fingerprint density at radius 1 is 1.05 bits per heavy atom. The van der Waals surface area contributed by atoms with Crippen molar-refractivity contribution in [1.82, 2.24) is 5.32 Å². The molecular weight excluding hydrogens is 748 g/mol. The molecule has 2 heterocycles. The van der Waals surface area contributed by atoms with Crippen LogP contribution in [0.15, 0.2) is 53.5 Å². The van der Waals surface area contributed by atoms with Crippen LogP contribution in [0, 0.1) is 0 Å². The highest BCUT2D eigenvalue weighted by Gasteiger charge is 2.56. The molecule has 0 amide bonds. The Bertz CT molecular complexity index is 1880. The van der Waals surface area contributed by atoms with Crippen LogP contribution >= 0.6 is 0 Å². The van der Waals surface area contributed by atoms with Crippen molar-refractivity contribution in [2.75, 3.05) is 52.1 Å². The third kappa shape index (κ3) is 10.1. The van der Waals surface area contributed by atoms with Crippen LogP contribution < -0.4 is 35.3 Å². The number of phenols is 1. The van der Waals surface area contributed by atoms with Crippen molar-refractivity contribution in [3.05, 3.63) is 70.8 Å². The smallest absolute Gasteiger partial charge is 0.338 e. The number of aliphatic hydroxyl groups is 4. The topological polar surface area (TPSA) is 273 Å². The maximum absolute atomic E-state index is 13.6. The zero-order valence-electron chi connectivity index (χ0n) is 31.7. The molecule has 0 bridgehead atoms. The van der Waals surface area contributed by atoms with Crippen molar-refractivity contribution >= 4 is 23.6 Å². The number of benzene rings is 3. The van der Waals surface area contributed by atoms with Gasteiger partial charge in [-0.25, -0.2) is 14.6 Å². The summed E-state index contributed by atoms with van der Waals surface area (Å²) in [6, 6.07) is 13.4. The number of aromatic hydroxyl groups is 1. The van der Waals surface area contributed by atoms with Gasteiger partial charge in [-0.1, -0.05) is 30.3 Å². The lowest BCUT2D eigenvalue weighted by Crippen LogP contribution is -2.67. The number of hydrogen-bond donors (Lipinski definition) is 9. The van der Waals surface area contributed by atoms with Crippen molar-refractivity contribution in [1.29, 1.82) is 0 Å². The van der Waals surface area contributed by atoms with Crippen LogP contribution in [-0.4, -0.2) is 125 Å². The molecule has 18 nitrogen and oxygen atoms in total. The number of aliphatic hydroxyl groups excluding tert-OH is 4. The average molecular weight is 799 g/mol. The number of fused-ring (bicyclic) bond motifs is 1. The SMILES string of the molecule is CCNc1cc(OC2OC3(CCc4c(cc(OCCc5ccccc5)c(O)c4OC)C(=O)OC3)C(O)C(O)C2O)c(OCN=C(N)NCCCCO)cc1C(=O)O. The van der Waals surface area contributed by atoms with Gasteiger partial charge in [0.1, 0.15) is 30.5 Å². The van der Waals surface area contributed by atoms with E-state index in [-0.39, 0.29) is 83.1 Å². The largest absolute Gasteiger partial charge is 0.502 e. The molecule has 0 saturated carbocycles. The molecule has 5 rings (SSSR count). The second kappa shape index (κ2) is 19.6. The number of carbonyl (C=O) groups is 2. The Labute approximate surface area is 328 Å². The number of rotatable bonds is 17. The highest BCUT2D eigenvalue weighted by Crippen LogP contribution is 2.45. The van der Waals surface area contributed by atoms with Crippen LogP contribution in [0.3, 0.4) is 0 Å². The second-order valence-corrected chi connectivity index (χ2v) is 13.4. The van der Waals surface area contributed by atoms with E-state index in [1.54, 1.807) is 6.92 Å². The van der Waals surface area contributed by atoms with Gasteiger partial charge in [0.05, 0.1) is 30.5 Å². The number of aliphatic imine (C=N–C) groups is 1. The standard InChI is InChI=1S/C39H50N4O14/c1-3-41-26-19-28(27(18-25(26)35(49)50)55-21-43-38(40)42-14-7-8-15-44)56-37-32(47)31(46)34(48)39(57-37)13-11-23-24(36(51)54-20-39)17-29(30(45)33(23)52-2)53-16-12-22-9-5-4-6-10-22/h4-6,9-10,17-19,31-32,34,37,41,44-48H,3,7-8,11-16,20-21H2,1-2H3,(H,49,50)(H3,40,42,43). The molecular formula is C39H50N4O14. The van der Waals surface area contributed by atoms with E-state index < -0.39 is 55.5 Å². The summed E-state index contributed by atoms with van der Waals surface area (Å²) in [5.41, 5.74) is 5.27. The van der Waals surface area contributed by atoms with Crippen molar-refractivity contribution in [3.63, 3.8) is 0 Å². The predicted molar refractivity (Wildman–Crippen MR) is 204 cm³/mol. The van der Waals surface area contributed by atoms with E-state index in [2.05, 4.69) is 15.6 Å². The first kappa shape index (κ1) is 42.6. The molecule has 0 aliphatic carbocycles. The number of carboxylic acid groups (broad SMARTS) is 1. The number of nitrogens with one attached hydrogen (secondary N) is 2. The van der Waals surface area contributed by atoms with E-state index in [9.17, 15) is 35.1 Å². The molecule has 5 atom stereocenters. The van der Waals surface area contributed by atoms with Crippen molar-refractivity contribution in [2.45, 2.75) is 69.2 Å². The van der Waals surface area contributed by atoms with Crippen molar-refractivity contribution in [3.8, 4) is 28.7 Å². The molecule has 2 aliphatic heterocycles. The van der Waals surface area contributed by atoms with Crippen molar-refractivity contribution in [2.24, 2.45) is 10.7 Å². The van der Waals surface area contributed by atoms with Crippen molar-refractivity contribution < 1.29 is 68.6 Å². The zero-order valence-corrected chi connectivity index (χ0v) is 31.7. The molecule has 57 heavy (non-hydrogen) atoms. The maximum Gasteiger partial charge on any atom is 0.338 e. The number of cyclic esters (lactones) is 1. The summed E-state index contributed by atoms with van der Waals surface area (Å²) in [4.78, 5) is 29.9. The first-order valence-electron chi connectivity index (χ1n) is 18.5. The van der Waals surface area contributed by atoms with E-state index in [1.807, 2.05) is 30.3 Å². The van der Waals surface area contributed by atoms with Gasteiger partial charge in [-0.15, -0.1) is 0 Å². The number of ether oxygens (including phenoxy) is 6. The lowest BCUT2D eigenvalue weighted by molar-refractivity contribution is -0.320. The Morgan fingerprint density at radius 2 is 1.82 bits per heavy atom. The number of esters is 1. The molecule has 3 aromatic carbocycles. The number of hydrogen-bond acceptors (Lipinski definition) is 15. The molecule has 0 radical (unpaired) electrons. The summed E-state index contributed by atoms with van der Waals surface area (Å²) in [7, 11) is 1.31. The lowest BCUT2D eigenvalue weighted by atomic mass is 9.81. The minimum absolute atomic E-state index is 0.00119. The fourth-order valence-electron chi connectivity index (χ4n) is 6.56. The van der Waals surface area contributed by atoms with E-state index >= 15 is 0 Å². The molecule has 310 valence electrons. The number of nitrogens with zero attached hydrogens (tertiary/aromatic N) is 1. The molecule has 0 aromatic heterocycles. The molecule has 1 fully saturated rings. The highest BCUT2D eigenvalue weighted by atomic mass is 16.7. The molecule has 3 aromatic rings. The number of anilines is 1. The predicted octanol–water partition coefficient (Wildman–Crippen LogP) is 1.53. The summed E-state index contributed by atoms with van der Waals surface area (Å²) in [6.45, 7) is 1.75. The van der Waals surface area contributed by atoms with Crippen LogP contribution in [0.4, 0.5) is 5.69 Å². The van der Waals surface area contributed by atoms with Gasteiger partial charge in [0.15, 0.2) is 35.7 Å². The monoisotopic (exact) mass is 798 g/mol. The van der Waals surface area contributed by atoms with E-state index in [0.717, 1.165) is 5.56 Å². The molecule has 5 unspecified atom stereocenters. The Hall–Kier alpha value is -5.53. The number of unbranched alkanes of at least 4 members (excludes halogenated alkanes) is 1. The fourth-order valence-corrected chi connectivity index (χ4v) is 6.56. The number of methoxy groups -OCH3 is 1. The first-order chi connectivity index (χ1) is 27.4. The zero-order chi connectivity index (χ0) is 41.1. The molecule has 1 saturated heterocycles. The van der Waals surface area contributed by atoms with Gasteiger partial charge in [-0.3, -0.25) is 0 Å². The number of phenolic OH excluding ortho intramolecular Hbond substituents is 1. The molecule has 10 N–H and O–H groups in total. The number of nitrogens with two attached hydrogens (primary N) is 1. The fraction of sp³-hybridized carbons (Fsp3) is 0.462. The van der Waals surface area contributed by atoms with Gasteiger partial charge >= 0.3 is 11.9 Å². The first-order valence-corrected chi connectivity index (χ1v) is 18.5. The Kier molecular flexibility index (Phi) is 14.6. The average Bonchev–Trinajstić information content (AvgIpc) is 3.20. The van der Waals surface area contributed by atoms with Crippen LogP contribution in [0.1, 0.15) is 58.0 Å². The van der Waals surface area contributed by atoms with Gasteiger partial charge in [0, 0.05) is 43.8 Å². The summed E-state index contributed by atoms with van der Waals surface area (Å²) in [5.74, 6) is -2.81. The minimum atomic E-state index is -1.88. The lowest BCUT2D eigenvalue weighted by Gasteiger charge is -2.48. The second-order valence-electron chi connectivity index (χ2n) is 13.4. The highest BCUT2D eigenvalue weighted by molar-refractivity contribution is 5.95. The normalized spacial score (nSPS) is 22.1. The molecule has 18 heteroatoms. The van der Waals surface area contributed by atoms with Gasteiger partial charge in [0.25, 0.3) is 0 Å². The summed E-state index contributed by atoms with van der Waals surface area (Å²) in [5, 5.41) is 69.5. The number of aromatic carboxylic acids is 1. The maximum atomic E-state index is 13.6. The van der Waals surface area contributed by atoms with Crippen LogP contribution in [0.2, 0.25) is 0 Å². The van der Waals surface area contributed by atoms with E-state index in [1.165, 1.54) is 25.3 Å². The van der Waals surface area contributed by atoms with Gasteiger partial charge < -0.3 is 75.4 Å². The van der Waals surface area contributed by atoms with Crippen LogP contribution in [0.25, 0.3) is 0 Å². The van der Waals surface area contributed by atoms with Crippen LogP contribution in [-0.2, 0) is 22.3 Å². The van der Waals surface area contributed by atoms with E-state index in [0.29, 0.717) is 32.4 Å². The number of guanidine groups is 1. The van der Waals surface area contributed by atoms with Gasteiger partial charge in [0.2, 0.25) is 12.0 Å². The van der Waals surface area contributed by atoms with Gasteiger partial charge in [-0.2, -0.15) is 0 Å². The number of carbonyl (C=O) groups excluding carboxylic acids is 1. The van der Waals surface area contributed by atoms with Gasteiger partial charge in [-0.05, 0) is 44.2 Å². The molecule has 2 aliphatic rings. The Morgan fingerprint density at radius 3 is 2.53 bits per heavy atom. The van der Waals surface area contributed by atoms with Crippen LogP contribution in [0.5, 0.6) is 28.7 Å². The Balaban J connectivity index is 1.40. The quantitative estimate of drug-likeness (QED) is 0.0405. The molecule has 1 spiro atoms. The van der Waals surface area contributed by atoms with E-state index in [4.69, 9.17) is 39.3 Å². The summed E-state index contributed by atoms with van der Waals surface area (Å²) in [6.07, 6.45) is -5.72. The number of carboxylic acids is 1. The third-order valence-corrected chi connectivity index (χ3v) is 9.60. The minimum Gasteiger partial charge on any atom is -0.502 e.